The Morgan fingerprint density at radius 1 is 1.56 bits per heavy atom. The lowest BCUT2D eigenvalue weighted by molar-refractivity contribution is 0.0709. The van der Waals surface area contributed by atoms with Gasteiger partial charge in [0.15, 0.2) is 0 Å². The van der Waals surface area contributed by atoms with Crippen molar-refractivity contribution >= 4 is 27.5 Å². The predicted molar refractivity (Wildman–Crippen MR) is 73.0 cm³/mol. The molecule has 1 fully saturated rings. The highest BCUT2D eigenvalue weighted by molar-refractivity contribution is 7.16. The van der Waals surface area contributed by atoms with Crippen molar-refractivity contribution in [2.45, 2.75) is 13.0 Å². The molecule has 0 radical (unpaired) electrons. The number of aromatic nitrogens is 1. The van der Waals surface area contributed by atoms with Crippen LogP contribution in [-0.4, -0.2) is 41.5 Å². The van der Waals surface area contributed by atoms with E-state index >= 15 is 0 Å². The van der Waals surface area contributed by atoms with Crippen LogP contribution in [0.1, 0.15) is 17.3 Å². The molecule has 1 amide bonds. The Kier molecular flexibility index (Phi) is 3.01. The predicted octanol–water partition coefficient (Wildman–Crippen LogP) is 1.73. The van der Waals surface area contributed by atoms with Gasteiger partial charge in [-0.2, -0.15) is 0 Å². The average molecular weight is 261 g/mol. The third-order valence-electron chi connectivity index (χ3n) is 3.23. The van der Waals surface area contributed by atoms with Crippen molar-refractivity contribution in [1.82, 2.24) is 15.2 Å². The van der Waals surface area contributed by atoms with Crippen molar-refractivity contribution in [2.24, 2.45) is 0 Å². The highest BCUT2D eigenvalue weighted by Crippen LogP contribution is 2.20. The van der Waals surface area contributed by atoms with Gasteiger partial charge in [-0.3, -0.25) is 4.79 Å². The van der Waals surface area contributed by atoms with Gasteiger partial charge in [-0.25, -0.2) is 4.98 Å². The smallest absolute Gasteiger partial charge is 0.254 e. The lowest BCUT2D eigenvalue weighted by Crippen LogP contribution is -2.51. The molecule has 1 aromatic carbocycles. The molecule has 0 aliphatic carbocycles. The van der Waals surface area contributed by atoms with E-state index in [9.17, 15) is 4.79 Å². The largest absolute Gasteiger partial charge is 0.336 e. The molecule has 1 aliphatic heterocycles. The molecule has 2 heterocycles. The second-order valence-corrected chi connectivity index (χ2v) is 5.53. The van der Waals surface area contributed by atoms with Crippen molar-refractivity contribution in [1.29, 1.82) is 0 Å². The first-order valence-electron chi connectivity index (χ1n) is 6.10. The summed E-state index contributed by atoms with van der Waals surface area (Å²) in [6.07, 6.45) is 0. The van der Waals surface area contributed by atoms with Gasteiger partial charge in [0.1, 0.15) is 0 Å². The molecule has 0 spiro atoms. The van der Waals surface area contributed by atoms with Crippen LogP contribution in [0.25, 0.3) is 10.2 Å². The number of rotatable bonds is 1. The summed E-state index contributed by atoms with van der Waals surface area (Å²) >= 11 is 1.57. The Labute approximate surface area is 110 Å². The van der Waals surface area contributed by atoms with Crippen LogP contribution in [0.4, 0.5) is 0 Å². The first-order valence-corrected chi connectivity index (χ1v) is 6.98. The van der Waals surface area contributed by atoms with E-state index < -0.39 is 0 Å². The topological polar surface area (TPSA) is 45.2 Å². The summed E-state index contributed by atoms with van der Waals surface area (Å²) in [6, 6.07) is 6.11. The summed E-state index contributed by atoms with van der Waals surface area (Å²) in [7, 11) is 0. The maximum atomic E-state index is 12.4. The molecular weight excluding hydrogens is 246 g/mol. The molecule has 4 nitrogen and oxygen atoms in total. The molecule has 1 aliphatic rings. The van der Waals surface area contributed by atoms with Crippen LogP contribution in [-0.2, 0) is 0 Å². The molecule has 2 aromatic rings. The zero-order valence-corrected chi connectivity index (χ0v) is 11.0. The summed E-state index contributed by atoms with van der Waals surface area (Å²) in [6.45, 7) is 4.53. The number of hydrogen-bond donors (Lipinski definition) is 1. The van der Waals surface area contributed by atoms with Gasteiger partial charge in [0.25, 0.3) is 5.91 Å². The van der Waals surface area contributed by atoms with Gasteiger partial charge in [0, 0.05) is 31.2 Å². The normalized spacial score (nSPS) is 20.3. The Morgan fingerprint density at radius 2 is 2.44 bits per heavy atom. The molecule has 1 atom stereocenters. The van der Waals surface area contributed by atoms with E-state index in [-0.39, 0.29) is 5.91 Å². The molecule has 18 heavy (non-hydrogen) atoms. The third-order valence-corrected chi connectivity index (χ3v) is 4.03. The minimum atomic E-state index is 0.124. The Hall–Kier alpha value is -1.46. The summed E-state index contributed by atoms with van der Waals surface area (Å²) in [5, 5.41) is 3.34. The van der Waals surface area contributed by atoms with E-state index in [0.29, 0.717) is 6.04 Å². The molecule has 5 heteroatoms. The molecular formula is C13H15N3OS. The van der Waals surface area contributed by atoms with E-state index in [4.69, 9.17) is 0 Å². The summed E-state index contributed by atoms with van der Waals surface area (Å²) in [5.74, 6) is 0.124. The number of nitrogens with zero attached hydrogens (tertiary/aromatic N) is 2. The molecule has 1 unspecified atom stereocenters. The van der Waals surface area contributed by atoms with Crippen molar-refractivity contribution in [3.8, 4) is 0 Å². The molecule has 1 aromatic heterocycles. The van der Waals surface area contributed by atoms with Crippen LogP contribution in [0.3, 0.4) is 0 Å². The van der Waals surface area contributed by atoms with Gasteiger partial charge in [-0.05, 0) is 25.1 Å². The fourth-order valence-electron chi connectivity index (χ4n) is 2.29. The van der Waals surface area contributed by atoms with Crippen molar-refractivity contribution in [3.63, 3.8) is 0 Å². The number of hydrogen-bond acceptors (Lipinski definition) is 4. The lowest BCUT2D eigenvalue weighted by Gasteiger charge is -2.31. The standard InChI is InChI=1S/C13H15N3OS/c1-9-7-16(5-4-14-9)13(17)10-2-3-11-12(6-10)18-8-15-11/h2-3,6,8-9,14H,4-5,7H2,1H3. The Bertz CT molecular complexity index is 580. The van der Waals surface area contributed by atoms with Crippen LogP contribution in [0, 0.1) is 0 Å². The maximum Gasteiger partial charge on any atom is 0.254 e. The molecule has 94 valence electrons. The number of carbonyl (C=O) groups excluding carboxylic acids is 1. The minimum Gasteiger partial charge on any atom is -0.336 e. The number of carbonyl (C=O) groups is 1. The van der Waals surface area contributed by atoms with Gasteiger partial charge >= 0.3 is 0 Å². The van der Waals surface area contributed by atoms with Crippen LogP contribution in [0.15, 0.2) is 23.7 Å². The van der Waals surface area contributed by atoms with Gasteiger partial charge in [0.2, 0.25) is 0 Å². The van der Waals surface area contributed by atoms with Crippen LogP contribution < -0.4 is 5.32 Å². The molecule has 3 rings (SSSR count). The number of nitrogens with one attached hydrogen (secondary N) is 1. The highest BCUT2D eigenvalue weighted by atomic mass is 32.1. The number of piperazine rings is 1. The highest BCUT2D eigenvalue weighted by Gasteiger charge is 2.21. The number of thiazole rings is 1. The number of amides is 1. The lowest BCUT2D eigenvalue weighted by atomic mass is 10.1. The van der Waals surface area contributed by atoms with E-state index in [2.05, 4.69) is 17.2 Å². The van der Waals surface area contributed by atoms with Crippen LogP contribution >= 0.6 is 11.3 Å². The molecule has 1 N–H and O–H groups in total. The third kappa shape index (κ3) is 2.11. The molecule has 0 bridgehead atoms. The van der Waals surface area contributed by atoms with Crippen molar-refractivity contribution < 1.29 is 4.79 Å². The van der Waals surface area contributed by atoms with Gasteiger partial charge in [0.05, 0.1) is 15.7 Å². The second kappa shape index (κ2) is 4.66. The van der Waals surface area contributed by atoms with Crippen molar-refractivity contribution in [2.75, 3.05) is 19.6 Å². The molecule has 1 saturated heterocycles. The van der Waals surface area contributed by atoms with E-state index in [1.54, 1.807) is 11.3 Å². The monoisotopic (exact) mass is 261 g/mol. The van der Waals surface area contributed by atoms with Crippen LogP contribution in [0.5, 0.6) is 0 Å². The number of fused-ring (bicyclic) bond motifs is 1. The van der Waals surface area contributed by atoms with E-state index in [0.717, 1.165) is 35.4 Å². The zero-order valence-electron chi connectivity index (χ0n) is 10.2. The second-order valence-electron chi connectivity index (χ2n) is 4.64. The Morgan fingerprint density at radius 3 is 3.28 bits per heavy atom. The SMILES string of the molecule is CC1CN(C(=O)c2ccc3ncsc3c2)CCN1. The van der Waals surface area contributed by atoms with E-state index in [1.165, 1.54) is 0 Å². The summed E-state index contributed by atoms with van der Waals surface area (Å²) in [5.41, 5.74) is 3.54. The van der Waals surface area contributed by atoms with E-state index in [1.807, 2.05) is 28.6 Å². The first-order chi connectivity index (χ1) is 8.74. The van der Waals surface area contributed by atoms with Gasteiger partial charge < -0.3 is 10.2 Å². The van der Waals surface area contributed by atoms with Gasteiger partial charge in [-0.15, -0.1) is 11.3 Å². The van der Waals surface area contributed by atoms with Crippen LogP contribution in [0.2, 0.25) is 0 Å². The quantitative estimate of drug-likeness (QED) is 0.850. The zero-order chi connectivity index (χ0) is 12.5. The first kappa shape index (κ1) is 11.6. The number of benzene rings is 1. The van der Waals surface area contributed by atoms with Crippen molar-refractivity contribution in [3.05, 3.63) is 29.3 Å². The maximum absolute atomic E-state index is 12.4. The molecule has 0 saturated carbocycles. The van der Waals surface area contributed by atoms with Gasteiger partial charge in [-0.1, -0.05) is 0 Å². The fourth-order valence-corrected chi connectivity index (χ4v) is 3.00. The summed E-state index contributed by atoms with van der Waals surface area (Å²) in [4.78, 5) is 18.5. The Balaban J connectivity index is 1.86. The fraction of sp³-hybridized carbons (Fsp3) is 0.385. The average Bonchev–Trinajstić information content (AvgIpc) is 2.85. The summed E-state index contributed by atoms with van der Waals surface area (Å²) < 4.78 is 1.07. The minimum absolute atomic E-state index is 0.124.